The summed E-state index contributed by atoms with van der Waals surface area (Å²) in [5, 5.41) is 38.6. The van der Waals surface area contributed by atoms with E-state index >= 15 is 0 Å². The van der Waals surface area contributed by atoms with E-state index in [9.17, 15) is 24.2 Å². The summed E-state index contributed by atoms with van der Waals surface area (Å²) >= 11 is 7.86. The largest absolute Gasteiger partial charge is 0.478 e. The summed E-state index contributed by atoms with van der Waals surface area (Å²) in [5.41, 5.74) is 6.89. The summed E-state index contributed by atoms with van der Waals surface area (Å²) in [6.45, 7) is 20.0. The third-order valence-electron chi connectivity index (χ3n) is 11.8. The highest BCUT2D eigenvalue weighted by atomic mass is 35.5. The molecule has 5 aromatic rings. The Morgan fingerprint density at radius 2 is 1.59 bits per heavy atom. The van der Waals surface area contributed by atoms with Gasteiger partial charge < -0.3 is 39.9 Å². The fourth-order valence-electron chi connectivity index (χ4n) is 8.01. The first kappa shape index (κ1) is 57.7. The molecule has 0 radical (unpaired) electrons. The van der Waals surface area contributed by atoms with Gasteiger partial charge in [0.05, 0.1) is 27.2 Å². The molecular weight excluding hydrogens is 954 g/mol. The number of aliphatic hydroxyl groups excluding tert-OH is 1. The number of rotatable bonds is 19. The minimum absolute atomic E-state index is 0.0206. The van der Waals surface area contributed by atoms with Crippen LogP contribution in [-0.4, -0.2) is 97.4 Å². The highest BCUT2D eigenvalue weighted by molar-refractivity contribution is 7.99. The number of benzene rings is 4. The molecule has 13 nitrogen and oxygen atoms in total. The number of allylic oxidation sites excluding steroid dienone is 5. The molecule has 1 saturated heterocycles. The summed E-state index contributed by atoms with van der Waals surface area (Å²) in [5.74, 6) is -0.252. The Kier molecular flexibility index (Phi) is 24.5. The van der Waals surface area contributed by atoms with E-state index in [-0.39, 0.29) is 17.4 Å². The predicted molar refractivity (Wildman–Crippen MR) is 298 cm³/mol. The van der Waals surface area contributed by atoms with Gasteiger partial charge in [0.25, 0.3) is 5.69 Å². The number of hydrogen-bond donors (Lipinski definition) is 5. The predicted octanol–water partition coefficient (Wildman–Crippen LogP) is 12.8. The molecule has 0 saturated carbocycles. The van der Waals surface area contributed by atoms with Gasteiger partial charge in [-0.25, -0.2) is 9.00 Å². The van der Waals surface area contributed by atoms with E-state index < -0.39 is 21.9 Å². The Hall–Kier alpha value is -5.84. The van der Waals surface area contributed by atoms with E-state index in [2.05, 4.69) is 51.2 Å². The SMILES string of the molecule is CC.CC.CCN(CCNc1ccc(NS(=O)c2ccc(NCCSc3ccccc3)c([N+](=O)[O-])c2)cc1)C1=CC(c2c(C(=O)O)c(C)n(C)c2-c2ccc(Cl)cc2)=CC=CC1.CCN1CCC(O)CC1. The van der Waals surface area contributed by atoms with Crippen molar-refractivity contribution < 1.29 is 24.1 Å². The number of piperidine rings is 1. The number of aromatic carboxylic acids is 1. The van der Waals surface area contributed by atoms with Crippen molar-refractivity contribution in [1.29, 1.82) is 0 Å². The lowest BCUT2D eigenvalue weighted by Crippen LogP contribution is -2.35. The van der Waals surface area contributed by atoms with E-state index in [1.807, 2.05) is 137 Å². The van der Waals surface area contributed by atoms with E-state index in [4.69, 9.17) is 16.7 Å². The number of nitrogens with zero attached hydrogens (tertiary/aromatic N) is 4. The Morgan fingerprint density at radius 3 is 2.21 bits per heavy atom. The molecular formula is C55H72ClN7O6S2. The minimum Gasteiger partial charge on any atom is -0.478 e. The zero-order valence-electron chi connectivity index (χ0n) is 42.4. The minimum atomic E-state index is -1.73. The first-order valence-corrected chi connectivity index (χ1v) is 27.0. The molecule has 71 heavy (non-hydrogen) atoms. The molecule has 2 aliphatic rings. The molecule has 1 atom stereocenters. The number of thioether (sulfide) groups is 1. The van der Waals surface area contributed by atoms with Crippen molar-refractivity contribution in [2.24, 2.45) is 7.05 Å². The van der Waals surface area contributed by atoms with Gasteiger partial charge in [0.15, 0.2) is 11.0 Å². The number of aliphatic hydroxyl groups is 1. The third kappa shape index (κ3) is 16.9. The molecule has 0 amide bonds. The van der Waals surface area contributed by atoms with Gasteiger partial charge in [-0.15, -0.1) is 11.8 Å². The number of nitro benzene ring substituents is 1. The monoisotopic (exact) mass is 1030 g/mol. The number of carboxylic acids is 1. The molecule has 1 aromatic heterocycles. The Labute approximate surface area is 432 Å². The molecule has 7 rings (SSSR count). The number of nitro groups is 1. The van der Waals surface area contributed by atoms with Crippen LogP contribution in [-0.2, 0) is 18.0 Å². The number of aromatic nitrogens is 1. The van der Waals surface area contributed by atoms with Crippen LogP contribution in [0.15, 0.2) is 137 Å². The second-order valence-corrected chi connectivity index (χ2v) is 18.9. The standard InChI is InChI=1S/C44H45ClN6O5S2.C7H15NO.2C2H6/c1-4-50(36-11-9-8-10-32(28-36)42-41(44(52)53)30(2)49(3)43(42)31-14-16-33(45)17-15-31)26-24-46-34-18-20-35(21-19-34)48-58(56)38-22-23-39(40(29-38)51(54)55)47-25-27-57-37-12-6-5-7-13-37;1-2-8-5-3-7(9)4-6-8;2*1-2/h5-10,12-23,28-29,46-48H,4,11,24-27H2,1-3H3,(H,52,53);7,9H,2-6H2,1H3;2*1-2H3. The number of halogens is 1. The smallest absolute Gasteiger partial charge is 0.338 e. The molecule has 1 unspecified atom stereocenters. The van der Waals surface area contributed by atoms with Gasteiger partial charge in [-0.1, -0.05) is 94.8 Å². The van der Waals surface area contributed by atoms with Crippen molar-refractivity contribution in [2.75, 3.05) is 66.9 Å². The Morgan fingerprint density at radius 1 is 0.930 bits per heavy atom. The molecule has 2 heterocycles. The molecule has 5 N–H and O–H groups in total. The maximum atomic E-state index is 13.2. The average Bonchev–Trinajstić information content (AvgIpc) is 3.49. The van der Waals surface area contributed by atoms with Gasteiger partial charge in [-0.3, -0.25) is 10.1 Å². The van der Waals surface area contributed by atoms with Gasteiger partial charge in [0, 0.05) is 103 Å². The lowest BCUT2D eigenvalue weighted by molar-refractivity contribution is -0.384. The highest BCUT2D eigenvalue weighted by Gasteiger charge is 2.27. The fraction of sp³-hybridized carbons (Fsp3) is 0.364. The number of carboxylic acid groups (broad SMARTS) is 1. The van der Waals surface area contributed by atoms with Gasteiger partial charge in [0.2, 0.25) is 0 Å². The number of carbonyl (C=O) groups is 1. The first-order chi connectivity index (χ1) is 34.4. The van der Waals surface area contributed by atoms with E-state index in [0.29, 0.717) is 58.6 Å². The third-order valence-corrected chi connectivity index (χ3v) is 14.1. The number of anilines is 3. The molecule has 382 valence electrons. The van der Waals surface area contributed by atoms with E-state index in [0.717, 1.165) is 77.9 Å². The molecule has 4 aromatic carbocycles. The lowest BCUT2D eigenvalue weighted by atomic mass is 9.95. The quantitative estimate of drug-likeness (QED) is 0.0231. The van der Waals surface area contributed by atoms with Gasteiger partial charge in [-0.05, 0) is 111 Å². The zero-order valence-corrected chi connectivity index (χ0v) is 44.8. The summed E-state index contributed by atoms with van der Waals surface area (Å²) in [7, 11) is 0.158. The van der Waals surface area contributed by atoms with Crippen LogP contribution in [0, 0.1) is 17.0 Å². The lowest BCUT2D eigenvalue weighted by Gasteiger charge is -2.27. The number of nitrogens with one attached hydrogen (secondary N) is 3. The fourth-order valence-corrected chi connectivity index (χ4v) is 9.80. The van der Waals surface area contributed by atoms with Crippen LogP contribution in [0.4, 0.5) is 22.7 Å². The van der Waals surface area contributed by atoms with Gasteiger partial charge in [0.1, 0.15) is 5.69 Å². The van der Waals surface area contributed by atoms with Crippen molar-refractivity contribution in [3.63, 3.8) is 0 Å². The maximum absolute atomic E-state index is 13.2. The van der Waals surface area contributed by atoms with E-state index in [1.54, 1.807) is 23.9 Å². The molecule has 16 heteroatoms. The number of hydrogen-bond acceptors (Lipinski definition) is 10. The van der Waals surface area contributed by atoms with Crippen molar-refractivity contribution in [3.8, 4) is 11.3 Å². The Balaban J connectivity index is 0.000000743. The topological polar surface area (TPSA) is 165 Å². The van der Waals surface area contributed by atoms with E-state index in [1.165, 1.54) is 6.07 Å². The summed E-state index contributed by atoms with van der Waals surface area (Å²) in [4.78, 5) is 30.1. The number of likely N-dealkylation sites (tertiary alicyclic amines) is 1. The van der Waals surface area contributed by atoms with Crippen molar-refractivity contribution in [2.45, 2.75) is 83.6 Å². The second kappa shape index (κ2) is 30.1. The highest BCUT2D eigenvalue weighted by Crippen LogP contribution is 2.38. The van der Waals surface area contributed by atoms with Gasteiger partial charge in [-0.2, -0.15) is 0 Å². The zero-order chi connectivity index (χ0) is 51.9. The number of likely N-dealkylation sites (N-methyl/N-ethyl adjacent to an activating group) is 1. The summed E-state index contributed by atoms with van der Waals surface area (Å²) in [6, 6.07) is 29.3. The van der Waals surface area contributed by atoms with Gasteiger partial charge >= 0.3 is 5.97 Å². The van der Waals surface area contributed by atoms with Crippen molar-refractivity contribution >= 4 is 68.6 Å². The van der Waals surface area contributed by atoms with Crippen LogP contribution in [0.5, 0.6) is 0 Å². The Bertz CT molecular complexity index is 2580. The van der Waals surface area contributed by atoms with Crippen LogP contribution in [0.2, 0.25) is 5.02 Å². The molecule has 1 aliphatic carbocycles. The molecule has 1 fully saturated rings. The first-order valence-electron chi connectivity index (χ1n) is 24.5. The van der Waals surface area contributed by atoms with Crippen LogP contribution in [0.25, 0.3) is 16.8 Å². The van der Waals surface area contributed by atoms with Crippen molar-refractivity contribution in [3.05, 3.63) is 159 Å². The second-order valence-electron chi connectivity index (χ2n) is 16.1. The molecule has 0 bridgehead atoms. The summed E-state index contributed by atoms with van der Waals surface area (Å²) in [6.07, 6.45) is 10.7. The van der Waals surface area contributed by atoms with Crippen LogP contribution in [0.1, 0.15) is 82.4 Å². The maximum Gasteiger partial charge on any atom is 0.338 e. The van der Waals surface area contributed by atoms with Crippen LogP contribution >= 0.6 is 23.4 Å². The van der Waals surface area contributed by atoms with Crippen molar-refractivity contribution in [1.82, 2.24) is 14.4 Å². The molecule has 0 spiro atoms. The average molecular weight is 1030 g/mol. The normalized spacial score (nSPS) is 13.8. The van der Waals surface area contributed by atoms with Crippen LogP contribution in [0.3, 0.4) is 0 Å². The van der Waals surface area contributed by atoms with Crippen LogP contribution < -0.4 is 15.4 Å². The summed E-state index contributed by atoms with van der Waals surface area (Å²) < 4.78 is 18.1. The molecule has 1 aliphatic heterocycles.